The molecule has 0 atom stereocenters. The number of hydrogen-bond donors (Lipinski definition) is 0. The van der Waals surface area contributed by atoms with E-state index in [1.165, 1.54) is 64.2 Å². The molecule has 0 heterocycles. The molecule has 0 unspecified atom stereocenters. The van der Waals surface area contributed by atoms with Crippen LogP contribution in [0.3, 0.4) is 0 Å². The molecule has 0 N–H and O–H groups in total. The summed E-state index contributed by atoms with van der Waals surface area (Å²) in [5.41, 5.74) is 4.21. The van der Waals surface area contributed by atoms with Crippen molar-refractivity contribution in [2.75, 3.05) is 0 Å². The average Bonchev–Trinajstić information content (AvgIpc) is 2.36. The van der Waals surface area contributed by atoms with Gasteiger partial charge < -0.3 is 0 Å². The maximum atomic E-state index is 2.60. The first kappa shape index (κ1) is 19.7. The lowest BCUT2D eigenvalue weighted by atomic mass is 10.1. The molecule has 0 rings (SSSR count). The van der Waals surface area contributed by atoms with Gasteiger partial charge in [0.25, 0.3) is 0 Å². The number of unbranched alkanes of at least 4 members (excludes halogenated alkanes) is 7. The second-order valence-electron chi connectivity index (χ2n) is 7.15. The Hall–Kier alpha value is -0.303. The van der Waals surface area contributed by atoms with Crippen LogP contribution in [0.5, 0.6) is 0 Å². The van der Waals surface area contributed by atoms with Gasteiger partial charge in [-0.2, -0.15) is 0 Å². The number of rotatable bonds is 12. The molecular formula is C19H38Si. The van der Waals surface area contributed by atoms with Crippen LogP contribution in [0.25, 0.3) is 0 Å². The Morgan fingerprint density at radius 3 is 1.95 bits per heavy atom. The van der Waals surface area contributed by atoms with Gasteiger partial charge in [-0.3, -0.25) is 0 Å². The van der Waals surface area contributed by atoms with Crippen molar-refractivity contribution in [1.29, 1.82) is 0 Å². The van der Waals surface area contributed by atoms with Crippen LogP contribution < -0.4 is 0 Å². The predicted molar refractivity (Wildman–Crippen MR) is 98.1 cm³/mol. The standard InChI is InChI=1S/C19H38Si/c1-6-8-10-12-13-15-17-19(18-20(3,4)5)16-14-11-9-7-2/h15,17-18H,6-14,16H2,1-5H3. The highest BCUT2D eigenvalue weighted by Gasteiger charge is 2.09. The van der Waals surface area contributed by atoms with Gasteiger partial charge in [-0.1, -0.05) is 95.4 Å². The van der Waals surface area contributed by atoms with Gasteiger partial charge >= 0.3 is 0 Å². The van der Waals surface area contributed by atoms with Gasteiger partial charge in [0.1, 0.15) is 0 Å². The molecule has 0 aromatic rings. The minimum absolute atomic E-state index is 1.08. The minimum Gasteiger partial charge on any atom is -0.0919 e. The van der Waals surface area contributed by atoms with Gasteiger partial charge in [0.05, 0.1) is 8.07 Å². The summed E-state index contributed by atoms with van der Waals surface area (Å²) >= 11 is 0. The molecule has 0 saturated heterocycles. The summed E-state index contributed by atoms with van der Waals surface area (Å²) in [5, 5.41) is 0. The van der Waals surface area contributed by atoms with E-state index in [2.05, 4.69) is 51.3 Å². The van der Waals surface area contributed by atoms with E-state index in [4.69, 9.17) is 0 Å². The normalized spacial score (nSPS) is 13.3. The highest BCUT2D eigenvalue weighted by molar-refractivity contribution is 6.81. The number of hydrogen-bond acceptors (Lipinski definition) is 0. The lowest BCUT2D eigenvalue weighted by Gasteiger charge is -2.12. The van der Waals surface area contributed by atoms with Crippen LogP contribution in [0.2, 0.25) is 19.6 Å². The second kappa shape index (κ2) is 12.4. The van der Waals surface area contributed by atoms with Gasteiger partial charge in [-0.05, 0) is 25.7 Å². The minimum atomic E-state index is -1.08. The highest BCUT2D eigenvalue weighted by Crippen LogP contribution is 2.16. The third-order valence-corrected chi connectivity index (χ3v) is 4.73. The Kier molecular flexibility index (Phi) is 12.2. The summed E-state index contributed by atoms with van der Waals surface area (Å²) in [6.45, 7) is 11.9. The van der Waals surface area contributed by atoms with E-state index in [9.17, 15) is 0 Å². The topological polar surface area (TPSA) is 0 Å². The van der Waals surface area contributed by atoms with Crippen molar-refractivity contribution < 1.29 is 0 Å². The van der Waals surface area contributed by atoms with Crippen molar-refractivity contribution in [3.8, 4) is 0 Å². The maximum absolute atomic E-state index is 2.60. The molecule has 1 heteroatoms. The van der Waals surface area contributed by atoms with Gasteiger partial charge in [0, 0.05) is 0 Å². The molecular weight excluding hydrogens is 256 g/mol. The van der Waals surface area contributed by atoms with Crippen LogP contribution in [0.15, 0.2) is 23.4 Å². The third kappa shape index (κ3) is 14.1. The summed E-state index contributed by atoms with van der Waals surface area (Å²) in [6.07, 6.45) is 18.4. The van der Waals surface area contributed by atoms with E-state index in [0.29, 0.717) is 0 Å². The van der Waals surface area contributed by atoms with Crippen molar-refractivity contribution in [3.63, 3.8) is 0 Å². The van der Waals surface area contributed by atoms with Crippen molar-refractivity contribution in [3.05, 3.63) is 23.4 Å². The first-order valence-electron chi connectivity index (χ1n) is 8.88. The summed E-state index contributed by atoms with van der Waals surface area (Å²) < 4.78 is 0. The molecule has 0 aromatic carbocycles. The van der Waals surface area contributed by atoms with Crippen LogP contribution in [0.4, 0.5) is 0 Å². The zero-order valence-corrected chi connectivity index (χ0v) is 15.8. The van der Waals surface area contributed by atoms with E-state index in [0.717, 1.165) is 0 Å². The van der Waals surface area contributed by atoms with Gasteiger partial charge in [-0.25, -0.2) is 0 Å². The van der Waals surface area contributed by atoms with Crippen molar-refractivity contribution in [2.45, 2.75) is 97.7 Å². The SMILES string of the molecule is CCCCCCC=CC(=C[Si](C)(C)C)CCCCCC. The molecule has 0 bridgehead atoms. The fourth-order valence-electron chi connectivity index (χ4n) is 2.44. The van der Waals surface area contributed by atoms with E-state index in [-0.39, 0.29) is 0 Å². The van der Waals surface area contributed by atoms with E-state index < -0.39 is 8.07 Å². The monoisotopic (exact) mass is 294 g/mol. The lowest BCUT2D eigenvalue weighted by molar-refractivity contribution is 0.666. The van der Waals surface area contributed by atoms with E-state index in [1.54, 1.807) is 5.57 Å². The Morgan fingerprint density at radius 2 is 1.40 bits per heavy atom. The van der Waals surface area contributed by atoms with Crippen molar-refractivity contribution in [1.82, 2.24) is 0 Å². The van der Waals surface area contributed by atoms with Gasteiger partial charge in [0.15, 0.2) is 0 Å². The van der Waals surface area contributed by atoms with Gasteiger partial charge in [0.2, 0.25) is 0 Å². The predicted octanol–water partition coefficient (Wildman–Crippen LogP) is 7.29. The molecule has 0 radical (unpaired) electrons. The first-order valence-corrected chi connectivity index (χ1v) is 12.5. The third-order valence-electron chi connectivity index (χ3n) is 3.49. The van der Waals surface area contributed by atoms with Gasteiger partial charge in [-0.15, -0.1) is 0 Å². The summed E-state index contributed by atoms with van der Waals surface area (Å²) in [4.78, 5) is 0. The molecule has 0 aliphatic carbocycles. The van der Waals surface area contributed by atoms with E-state index in [1.807, 2.05) is 0 Å². The van der Waals surface area contributed by atoms with Crippen LogP contribution in [0, 0.1) is 0 Å². The summed E-state index contributed by atoms with van der Waals surface area (Å²) in [5.74, 6) is 0. The summed E-state index contributed by atoms with van der Waals surface area (Å²) in [7, 11) is -1.08. The molecule has 118 valence electrons. The molecule has 0 spiro atoms. The smallest absolute Gasteiger partial charge is 0.0690 e. The largest absolute Gasteiger partial charge is 0.0919 e. The Morgan fingerprint density at radius 1 is 0.800 bits per heavy atom. The lowest BCUT2D eigenvalue weighted by Crippen LogP contribution is -2.16. The summed E-state index contributed by atoms with van der Waals surface area (Å²) in [6, 6.07) is 0. The molecule has 0 aromatic heterocycles. The fraction of sp³-hybridized carbons (Fsp3) is 0.789. The molecule has 0 fully saturated rings. The fourth-order valence-corrected chi connectivity index (χ4v) is 3.79. The molecule has 0 aliphatic rings. The molecule has 0 aliphatic heterocycles. The molecule has 0 amide bonds. The van der Waals surface area contributed by atoms with E-state index >= 15 is 0 Å². The average molecular weight is 295 g/mol. The maximum Gasteiger partial charge on any atom is 0.0690 e. The quantitative estimate of drug-likeness (QED) is 0.201. The molecule has 0 nitrogen and oxygen atoms in total. The van der Waals surface area contributed by atoms with Crippen molar-refractivity contribution >= 4 is 8.07 Å². The molecule has 20 heavy (non-hydrogen) atoms. The zero-order chi connectivity index (χ0) is 15.3. The van der Waals surface area contributed by atoms with Crippen molar-refractivity contribution in [2.24, 2.45) is 0 Å². The van der Waals surface area contributed by atoms with Crippen LogP contribution >= 0.6 is 0 Å². The Balaban J connectivity index is 4.18. The molecule has 0 saturated carbocycles. The van der Waals surface area contributed by atoms with Crippen LogP contribution in [-0.2, 0) is 0 Å². The second-order valence-corrected chi connectivity index (χ2v) is 12.2. The Labute approximate surface area is 129 Å². The first-order chi connectivity index (χ1) is 9.49. The highest BCUT2D eigenvalue weighted by atomic mass is 28.3. The van der Waals surface area contributed by atoms with Crippen LogP contribution in [-0.4, -0.2) is 8.07 Å². The van der Waals surface area contributed by atoms with Crippen LogP contribution in [0.1, 0.15) is 78.1 Å². The Bertz CT molecular complexity index is 268. The number of allylic oxidation sites excluding steroid dienone is 3. The zero-order valence-electron chi connectivity index (χ0n) is 14.8.